The Morgan fingerprint density at radius 2 is 2.33 bits per heavy atom. The lowest BCUT2D eigenvalue weighted by molar-refractivity contribution is -0.108. The van der Waals surface area contributed by atoms with Gasteiger partial charge in [-0.15, -0.1) is 0 Å². The van der Waals surface area contributed by atoms with E-state index in [9.17, 15) is 4.79 Å². The van der Waals surface area contributed by atoms with Crippen molar-refractivity contribution < 1.29 is 4.79 Å². The fraction of sp³-hybridized carbons (Fsp3) is 0.667. The van der Waals surface area contributed by atoms with Gasteiger partial charge in [-0.05, 0) is 6.42 Å². The molecule has 0 aliphatic carbocycles. The summed E-state index contributed by atoms with van der Waals surface area (Å²) in [5.74, 6) is 0. The van der Waals surface area contributed by atoms with E-state index in [1.807, 2.05) is 14.0 Å². The molecule has 0 aromatic rings. The molecule has 0 saturated carbocycles. The molecule has 2 nitrogen and oxygen atoms in total. The summed E-state index contributed by atoms with van der Waals surface area (Å²) in [5, 5.41) is 0. The predicted octanol–water partition coefficient (Wildman–Crippen LogP) is 0.855. The summed E-state index contributed by atoms with van der Waals surface area (Å²) < 4.78 is 0. The van der Waals surface area contributed by atoms with Crippen LogP contribution in [0.25, 0.3) is 0 Å². The highest BCUT2D eigenvalue weighted by molar-refractivity contribution is 7.80. The second-order valence-corrected chi connectivity index (χ2v) is 2.27. The normalized spacial score (nSPS) is 8.67. The van der Waals surface area contributed by atoms with Crippen LogP contribution < -0.4 is 0 Å². The first kappa shape index (κ1) is 8.56. The fourth-order valence-corrected chi connectivity index (χ4v) is 0.558. The lowest BCUT2D eigenvalue weighted by atomic mass is 10.4. The second kappa shape index (κ2) is 4.44. The number of nitrogens with zero attached hydrogens (tertiary/aromatic N) is 1. The SMILES string of the molecule is CCC(=S)N(C)CC=O. The van der Waals surface area contributed by atoms with E-state index < -0.39 is 0 Å². The molecule has 0 rings (SSSR count). The molecule has 0 unspecified atom stereocenters. The van der Waals surface area contributed by atoms with E-state index in [4.69, 9.17) is 12.2 Å². The summed E-state index contributed by atoms with van der Waals surface area (Å²) in [7, 11) is 1.82. The van der Waals surface area contributed by atoms with Crippen LogP contribution in [-0.4, -0.2) is 29.8 Å². The molecule has 0 aliphatic heterocycles. The standard InChI is InChI=1S/C6H11NOS/c1-3-6(9)7(2)4-5-8/h5H,3-4H2,1-2H3. The van der Waals surface area contributed by atoms with Crippen LogP contribution in [0.2, 0.25) is 0 Å². The Hall–Kier alpha value is -0.440. The van der Waals surface area contributed by atoms with Crippen LogP contribution in [-0.2, 0) is 4.79 Å². The van der Waals surface area contributed by atoms with Crippen molar-refractivity contribution in [2.75, 3.05) is 13.6 Å². The third kappa shape index (κ3) is 3.19. The summed E-state index contributed by atoms with van der Waals surface area (Å²) in [6, 6.07) is 0. The van der Waals surface area contributed by atoms with E-state index in [0.717, 1.165) is 17.7 Å². The molecule has 0 aromatic heterocycles. The van der Waals surface area contributed by atoms with Crippen molar-refractivity contribution in [2.24, 2.45) is 0 Å². The molecule has 0 bridgehead atoms. The van der Waals surface area contributed by atoms with Crippen LogP contribution in [0.15, 0.2) is 0 Å². The van der Waals surface area contributed by atoms with Crippen molar-refractivity contribution in [1.29, 1.82) is 0 Å². The second-order valence-electron chi connectivity index (χ2n) is 1.79. The number of likely N-dealkylation sites (N-methyl/N-ethyl adjacent to an activating group) is 1. The minimum atomic E-state index is 0.409. The molecule has 0 heterocycles. The number of hydrogen-bond donors (Lipinski definition) is 0. The maximum atomic E-state index is 9.93. The lowest BCUT2D eigenvalue weighted by Gasteiger charge is -2.14. The molecular formula is C6H11NOS. The van der Waals surface area contributed by atoms with Gasteiger partial charge >= 0.3 is 0 Å². The summed E-state index contributed by atoms with van der Waals surface area (Å²) in [6.45, 7) is 2.39. The van der Waals surface area contributed by atoms with Crippen molar-refractivity contribution in [1.82, 2.24) is 4.90 Å². The average molecular weight is 145 g/mol. The molecule has 0 atom stereocenters. The van der Waals surface area contributed by atoms with Gasteiger partial charge in [0.05, 0.1) is 11.5 Å². The first-order valence-electron chi connectivity index (χ1n) is 2.90. The van der Waals surface area contributed by atoms with E-state index in [0.29, 0.717) is 6.54 Å². The topological polar surface area (TPSA) is 20.3 Å². The molecule has 9 heavy (non-hydrogen) atoms. The quantitative estimate of drug-likeness (QED) is 0.434. The van der Waals surface area contributed by atoms with Crippen molar-refractivity contribution in [2.45, 2.75) is 13.3 Å². The maximum absolute atomic E-state index is 9.93. The van der Waals surface area contributed by atoms with Gasteiger partial charge in [-0.25, -0.2) is 0 Å². The number of hydrogen-bond acceptors (Lipinski definition) is 2. The summed E-state index contributed by atoms with van der Waals surface area (Å²) in [5.41, 5.74) is 0. The van der Waals surface area contributed by atoms with Gasteiger partial charge < -0.3 is 9.69 Å². The van der Waals surface area contributed by atoms with E-state index >= 15 is 0 Å². The monoisotopic (exact) mass is 145 g/mol. The molecule has 0 spiro atoms. The Balaban J connectivity index is 3.58. The average Bonchev–Trinajstić information content (AvgIpc) is 1.87. The highest BCUT2D eigenvalue weighted by Gasteiger charge is 1.97. The Labute approximate surface area is 60.8 Å². The van der Waals surface area contributed by atoms with Crippen molar-refractivity contribution >= 4 is 23.5 Å². The Morgan fingerprint density at radius 3 is 2.67 bits per heavy atom. The summed E-state index contributed by atoms with van der Waals surface area (Å²) >= 11 is 4.91. The fourth-order valence-electron chi connectivity index (χ4n) is 0.484. The zero-order valence-corrected chi connectivity index (χ0v) is 6.57. The molecule has 0 radical (unpaired) electrons. The zero-order valence-electron chi connectivity index (χ0n) is 5.76. The van der Waals surface area contributed by atoms with Gasteiger partial charge in [0, 0.05) is 7.05 Å². The Morgan fingerprint density at radius 1 is 1.78 bits per heavy atom. The third-order valence-corrected chi connectivity index (χ3v) is 1.68. The van der Waals surface area contributed by atoms with Gasteiger partial charge in [-0.2, -0.15) is 0 Å². The molecule has 0 amide bonds. The van der Waals surface area contributed by atoms with Gasteiger partial charge in [0.25, 0.3) is 0 Å². The molecule has 0 N–H and O–H groups in total. The Kier molecular flexibility index (Phi) is 4.22. The first-order valence-corrected chi connectivity index (χ1v) is 3.30. The molecule has 0 aromatic carbocycles. The minimum absolute atomic E-state index is 0.409. The number of thiocarbonyl (C=S) groups is 1. The van der Waals surface area contributed by atoms with E-state index in [2.05, 4.69) is 0 Å². The van der Waals surface area contributed by atoms with Gasteiger partial charge in [0.1, 0.15) is 6.29 Å². The van der Waals surface area contributed by atoms with Gasteiger partial charge in [0.2, 0.25) is 0 Å². The number of carbonyl (C=O) groups is 1. The van der Waals surface area contributed by atoms with E-state index in [1.165, 1.54) is 0 Å². The molecular weight excluding hydrogens is 134 g/mol. The summed E-state index contributed by atoms with van der Waals surface area (Å²) in [4.78, 5) is 12.5. The predicted molar refractivity (Wildman–Crippen MR) is 41.6 cm³/mol. The van der Waals surface area contributed by atoms with Crippen LogP contribution in [0.3, 0.4) is 0 Å². The Bertz CT molecular complexity index is 114. The largest absolute Gasteiger partial charge is 0.362 e. The van der Waals surface area contributed by atoms with Crippen LogP contribution in [0.4, 0.5) is 0 Å². The maximum Gasteiger partial charge on any atom is 0.139 e. The molecule has 0 saturated heterocycles. The number of carbonyl (C=O) groups excluding carboxylic acids is 1. The van der Waals surface area contributed by atoms with Gasteiger partial charge in [-0.1, -0.05) is 19.1 Å². The van der Waals surface area contributed by atoms with Crippen LogP contribution in [0.5, 0.6) is 0 Å². The minimum Gasteiger partial charge on any atom is -0.362 e. The van der Waals surface area contributed by atoms with Crippen molar-refractivity contribution in [3.8, 4) is 0 Å². The van der Waals surface area contributed by atoms with E-state index in [1.54, 1.807) is 4.90 Å². The summed E-state index contributed by atoms with van der Waals surface area (Å²) in [6.07, 6.45) is 1.68. The number of rotatable bonds is 3. The zero-order chi connectivity index (χ0) is 7.28. The van der Waals surface area contributed by atoms with Crippen LogP contribution >= 0.6 is 12.2 Å². The highest BCUT2D eigenvalue weighted by Crippen LogP contribution is 1.89. The third-order valence-electron chi connectivity index (χ3n) is 1.08. The van der Waals surface area contributed by atoms with Crippen molar-refractivity contribution in [3.05, 3.63) is 0 Å². The smallest absolute Gasteiger partial charge is 0.139 e. The molecule has 52 valence electrons. The molecule has 0 aliphatic rings. The molecule has 0 fully saturated rings. The number of aldehydes is 1. The lowest BCUT2D eigenvalue weighted by Crippen LogP contribution is -2.25. The highest BCUT2D eigenvalue weighted by atomic mass is 32.1. The first-order chi connectivity index (χ1) is 4.22. The van der Waals surface area contributed by atoms with Crippen molar-refractivity contribution in [3.63, 3.8) is 0 Å². The van der Waals surface area contributed by atoms with Gasteiger partial charge in [-0.3, -0.25) is 0 Å². The van der Waals surface area contributed by atoms with Crippen LogP contribution in [0, 0.1) is 0 Å². The van der Waals surface area contributed by atoms with E-state index in [-0.39, 0.29) is 0 Å². The van der Waals surface area contributed by atoms with Crippen LogP contribution in [0.1, 0.15) is 13.3 Å². The molecule has 3 heteroatoms. The van der Waals surface area contributed by atoms with Gasteiger partial charge in [0.15, 0.2) is 0 Å².